The first-order valence-corrected chi connectivity index (χ1v) is 9.44. The zero-order valence-corrected chi connectivity index (χ0v) is 17.2. The van der Waals surface area contributed by atoms with Gasteiger partial charge in [-0.25, -0.2) is 28.8 Å². The highest BCUT2D eigenvalue weighted by molar-refractivity contribution is 6.20. The lowest BCUT2D eigenvalue weighted by atomic mass is 9.68. The first-order chi connectivity index (χ1) is 17.0. The predicted octanol–water partition coefficient (Wildman–Crippen LogP) is 3.11. The number of esters is 4. The molecule has 37 heavy (non-hydrogen) atoms. The Morgan fingerprint density at radius 1 is 0.595 bits per heavy atom. The number of aromatic carboxylic acids is 2. The van der Waals surface area contributed by atoms with Crippen molar-refractivity contribution in [3.8, 4) is 0 Å². The maximum atomic E-state index is 14.7. The minimum absolute atomic E-state index is 0.0640. The van der Waals surface area contributed by atoms with Gasteiger partial charge in [-0.15, -0.1) is 0 Å². The molecule has 0 radical (unpaired) electrons. The van der Waals surface area contributed by atoms with E-state index < -0.39 is 98.1 Å². The van der Waals surface area contributed by atoms with Crippen molar-refractivity contribution in [2.45, 2.75) is 17.8 Å². The van der Waals surface area contributed by atoms with E-state index in [1.54, 1.807) is 0 Å². The molecule has 2 aromatic carbocycles. The van der Waals surface area contributed by atoms with Crippen molar-refractivity contribution in [2.24, 2.45) is 0 Å². The summed E-state index contributed by atoms with van der Waals surface area (Å²) in [6.45, 7) is 0. The SMILES string of the molecule is O=C1OC(=O)c2c1ccc(C(c1ccc3c(c1C(=O)O)C(=O)OC3=O)(C(F)(F)F)C(F)(F)F)c2C(=O)O. The second-order valence-corrected chi connectivity index (χ2v) is 7.53. The Morgan fingerprint density at radius 3 is 1.19 bits per heavy atom. The maximum Gasteiger partial charge on any atom is 0.411 e. The molecule has 0 saturated carbocycles. The predicted molar refractivity (Wildman–Crippen MR) is 99.2 cm³/mol. The van der Waals surface area contributed by atoms with Crippen LogP contribution in [0.3, 0.4) is 0 Å². The first kappa shape index (κ1) is 25.3. The molecular weight excluding hydrogens is 526 g/mol. The van der Waals surface area contributed by atoms with Crippen molar-refractivity contribution in [1.82, 2.24) is 0 Å². The molecule has 0 aliphatic carbocycles. The number of cyclic esters (lactones) is 4. The Labute approximate surface area is 198 Å². The zero-order valence-electron chi connectivity index (χ0n) is 17.2. The number of carbonyl (C=O) groups excluding carboxylic acids is 4. The summed E-state index contributed by atoms with van der Waals surface area (Å²) in [4.78, 5) is 71.6. The van der Waals surface area contributed by atoms with E-state index in [9.17, 15) is 65.3 Å². The van der Waals surface area contributed by atoms with Crippen molar-refractivity contribution in [3.05, 3.63) is 68.8 Å². The maximum absolute atomic E-state index is 14.7. The summed E-state index contributed by atoms with van der Waals surface area (Å²) >= 11 is 0. The molecule has 0 amide bonds. The lowest BCUT2D eigenvalue weighted by molar-refractivity contribution is -0.288. The first-order valence-electron chi connectivity index (χ1n) is 9.44. The molecule has 2 aliphatic heterocycles. The number of benzene rings is 2. The number of carboxylic acid groups (broad SMARTS) is 2. The Morgan fingerprint density at radius 2 is 0.919 bits per heavy atom. The summed E-state index contributed by atoms with van der Waals surface area (Å²) in [6.07, 6.45) is -13.2. The minimum atomic E-state index is -6.60. The number of carbonyl (C=O) groups is 6. The fraction of sp³-hybridized carbons (Fsp3) is 0.143. The van der Waals surface area contributed by atoms with Crippen LogP contribution in [0.4, 0.5) is 26.3 Å². The van der Waals surface area contributed by atoms with Crippen LogP contribution in [0, 0.1) is 0 Å². The molecule has 0 aromatic heterocycles. The van der Waals surface area contributed by atoms with E-state index in [-0.39, 0.29) is 24.3 Å². The van der Waals surface area contributed by atoms with Gasteiger partial charge < -0.3 is 19.7 Å². The van der Waals surface area contributed by atoms with Gasteiger partial charge in [0.15, 0.2) is 0 Å². The van der Waals surface area contributed by atoms with E-state index in [0.29, 0.717) is 0 Å². The zero-order chi connectivity index (χ0) is 27.8. The smallest absolute Gasteiger partial charge is 0.411 e. The second kappa shape index (κ2) is 7.62. The van der Waals surface area contributed by atoms with Gasteiger partial charge in [0.05, 0.1) is 33.4 Å². The monoisotopic (exact) mass is 532 g/mol. The van der Waals surface area contributed by atoms with Gasteiger partial charge in [0.2, 0.25) is 5.41 Å². The van der Waals surface area contributed by atoms with E-state index in [0.717, 1.165) is 0 Å². The number of rotatable bonds is 4. The average molecular weight is 532 g/mol. The van der Waals surface area contributed by atoms with Gasteiger partial charge in [0.1, 0.15) is 0 Å². The summed E-state index contributed by atoms with van der Waals surface area (Å²) in [5, 5.41) is 19.2. The molecule has 0 atom stereocenters. The third-order valence-corrected chi connectivity index (χ3v) is 5.72. The number of hydrogen-bond acceptors (Lipinski definition) is 8. The summed E-state index contributed by atoms with van der Waals surface area (Å²) in [6, 6.07) is 0.432. The number of carboxylic acids is 2. The largest absolute Gasteiger partial charge is 0.478 e. The highest BCUT2D eigenvalue weighted by Gasteiger charge is 2.75. The van der Waals surface area contributed by atoms with Crippen molar-refractivity contribution < 1.29 is 74.8 Å². The molecule has 10 nitrogen and oxygen atoms in total. The van der Waals surface area contributed by atoms with Crippen LogP contribution in [0.5, 0.6) is 0 Å². The molecule has 2 N–H and O–H groups in total. The Balaban J connectivity index is 2.30. The fourth-order valence-electron chi connectivity index (χ4n) is 4.34. The third kappa shape index (κ3) is 3.21. The topological polar surface area (TPSA) is 161 Å². The lowest BCUT2D eigenvalue weighted by Gasteiger charge is -2.40. The Bertz CT molecular complexity index is 1370. The molecule has 0 spiro atoms. The van der Waals surface area contributed by atoms with Crippen LogP contribution in [0.2, 0.25) is 0 Å². The highest BCUT2D eigenvalue weighted by Crippen LogP contribution is 2.58. The van der Waals surface area contributed by atoms with Gasteiger partial charge in [0, 0.05) is 0 Å². The van der Waals surface area contributed by atoms with E-state index >= 15 is 0 Å². The number of ether oxygens (including phenoxy) is 2. The molecular formula is C21H6F6O10. The van der Waals surface area contributed by atoms with Crippen molar-refractivity contribution in [1.29, 1.82) is 0 Å². The van der Waals surface area contributed by atoms with Crippen LogP contribution in [-0.2, 0) is 14.9 Å². The van der Waals surface area contributed by atoms with Crippen molar-refractivity contribution >= 4 is 35.8 Å². The summed E-state index contributed by atoms with van der Waals surface area (Å²) in [7, 11) is 0. The molecule has 0 bridgehead atoms. The summed E-state index contributed by atoms with van der Waals surface area (Å²) < 4.78 is 96.5. The van der Waals surface area contributed by atoms with Crippen LogP contribution in [0.25, 0.3) is 0 Å². The van der Waals surface area contributed by atoms with E-state index in [4.69, 9.17) is 0 Å². The molecule has 192 valence electrons. The van der Waals surface area contributed by atoms with Gasteiger partial charge in [0.25, 0.3) is 0 Å². The Kier molecular flexibility index (Phi) is 5.22. The van der Waals surface area contributed by atoms with E-state index in [1.807, 2.05) is 0 Å². The lowest BCUT2D eigenvalue weighted by Crippen LogP contribution is -2.56. The number of halogens is 6. The standard InChI is InChI=1S/C21H6F6O10/c22-20(23,24)19(21(25,26)27,7-3-1-5-9(11(7)13(28)29)17(34)36-15(5)32)8-4-2-6-10(12(8)14(30)31)18(35)37-16(6)33/h1-4H,(H,28,29)(H,30,31). The van der Waals surface area contributed by atoms with E-state index in [1.165, 1.54) is 0 Å². The molecule has 0 saturated heterocycles. The molecule has 16 heteroatoms. The molecule has 0 unspecified atom stereocenters. The van der Waals surface area contributed by atoms with Crippen LogP contribution >= 0.6 is 0 Å². The average Bonchev–Trinajstić information content (AvgIpc) is 3.20. The highest BCUT2D eigenvalue weighted by atomic mass is 19.4. The fourth-order valence-corrected chi connectivity index (χ4v) is 4.34. The van der Waals surface area contributed by atoms with Gasteiger partial charge in [-0.2, -0.15) is 26.3 Å². The molecule has 2 aliphatic rings. The molecule has 0 fully saturated rings. The quantitative estimate of drug-likeness (QED) is 0.340. The number of hydrogen-bond donors (Lipinski definition) is 2. The third-order valence-electron chi connectivity index (χ3n) is 5.72. The summed E-state index contributed by atoms with van der Waals surface area (Å²) in [5.41, 5.74) is -18.6. The number of fused-ring (bicyclic) bond motifs is 2. The van der Waals surface area contributed by atoms with Crippen molar-refractivity contribution in [3.63, 3.8) is 0 Å². The second-order valence-electron chi connectivity index (χ2n) is 7.53. The molecule has 4 rings (SSSR count). The summed E-state index contributed by atoms with van der Waals surface area (Å²) in [5.74, 6) is -11.9. The minimum Gasteiger partial charge on any atom is -0.478 e. The van der Waals surface area contributed by atoms with Crippen LogP contribution in [0.1, 0.15) is 73.3 Å². The molecule has 2 heterocycles. The van der Waals surface area contributed by atoms with Crippen LogP contribution in [-0.4, -0.2) is 58.4 Å². The van der Waals surface area contributed by atoms with Gasteiger partial charge in [-0.05, 0) is 23.3 Å². The van der Waals surface area contributed by atoms with Crippen LogP contribution in [0.15, 0.2) is 24.3 Å². The van der Waals surface area contributed by atoms with E-state index in [2.05, 4.69) is 9.47 Å². The number of alkyl halides is 6. The molecule has 2 aromatic rings. The van der Waals surface area contributed by atoms with Gasteiger partial charge in [-0.3, -0.25) is 0 Å². The van der Waals surface area contributed by atoms with Gasteiger partial charge >= 0.3 is 48.2 Å². The van der Waals surface area contributed by atoms with Crippen LogP contribution < -0.4 is 0 Å². The van der Waals surface area contributed by atoms with Crippen molar-refractivity contribution in [2.75, 3.05) is 0 Å². The normalized spacial score (nSPS) is 15.3. The van der Waals surface area contributed by atoms with Gasteiger partial charge in [-0.1, -0.05) is 12.1 Å². The Hall–Kier alpha value is -4.76.